The second kappa shape index (κ2) is 6.95. The van der Waals surface area contributed by atoms with E-state index in [-0.39, 0.29) is 0 Å². The number of ether oxygens (including phenoxy) is 1. The largest absolute Gasteiger partial charge is 0.456 e. The Morgan fingerprint density at radius 3 is 2.73 bits per heavy atom. The van der Waals surface area contributed by atoms with Crippen molar-refractivity contribution < 1.29 is 4.74 Å². The van der Waals surface area contributed by atoms with Crippen LogP contribution in [0.4, 0.5) is 5.82 Å². The zero-order valence-electron chi connectivity index (χ0n) is 11.8. The highest BCUT2D eigenvalue weighted by Gasteiger charge is 2.04. The number of thiol groups is 1. The molecular weight excluding hydrogens is 294 g/mol. The van der Waals surface area contributed by atoms with E-state index in [4.69, 9.17) is 4.74 Å². The fraction of sp³-hybridized carbons (Fsp3) is 0.0588. The van der Waals surface area contributed by atoms with E-state index in [0.717, 1.165) is 22.0 Å². The van der Waals surface area contributed by atoms with Gasteiger partial charge in [0.25, 0.3) is 0 Å². The fourth-order valence-electron chi connectivity index (χ4n) is 1.96. The van der Waals surface area contributed by atoms with Gasteiger partial charge in [-0.2, -0.15) is 0 Å². The summed E-state index contributed by atoms with van der Waals surface area (Å²) < 4.78 is 5.79. The maximum atomic E-state index is 5.79. The Kier molecular flexibility index (Phi) is 4.56. The van der Waals surface area contributed by atoms with Crippen molar-refractivity contribution in [3.05, 3.63) is 72.7 Å². The van der Waals surface area contributed by atoms with Gasteiger partial charge in [-0.1, -0.05) is 6.07 Å². The van der Waals surface area contributed by atoms with Crippen LogP contribution in [0.25, 0.3) is 0 Å². The van der Waals surface area contributed by atoms with E-state index in [2.05, 4.69) is 27.9 Å². The van der Waals surface area contributed by atoms with E-state index >= 15 is 0 Å². The number of rotatable bonds is 5. The zero-order valence-corrected chi connectivity index (χ0v) is 12.7. The Balaban J connectivity index is 1.72. The van der Waals surface area contributed by atoms with E-state index in [1.54, 1.807) is 18.6 Å². The number of hydrogen-bond acceptors (Lipinski definition) is 5. The Morgan fingerprint density at radius 1 is 1.00 bits per heavy atom. The topological polar surface area (TPSA) is 47.0 Å². The smallest absolute Gasteiger partial charge is 0.145 e. The number of nitrogens with zero attached hydrogens (tertiary/aromatic N) is 2. The molecule has 110 valence electrons. The van der Waals surface area contributed by atoms with Gasteiger partial charge in [0.05, 0.1) is 6.20 Å². The Hall–Kier alpha value is -2.53. The predicted molar refractivity (Wildman–Crippen MR) is 89.6 cm³/mol. The first-order valence-corrected chi connectivity index (χ1v) is 7.31. The molecule has 5 heteroatoms. The van der Waals surface area contributed by atoms with Crippen molar-refractivity contribution in [3.8, 4) is 11.5 Å². The van der Waals surface area contributed by atoms with E-state index in [0.29, 0.717) is 12.3 Å². The molecule has 1 aromatic carbocycles. The van der Waals surface area contributed by atoms with Gasteiger partial charge in [0.2, 0.25) is 0 Å². The van der Waals surface area contributed by atoms with Crippen molar-refractivity contribution >= 4 is 18.4 Å². The molecule has 1 N–H and O–H groups in total. The Morgan fingerprint density at radius 2 is 1.95 bits per heavy atom. The molecule has 0 aliphatic rings. The van der Waals surface area contributed by atoms with Gasteiger partial charge in [0.1, 0.15) is 17.3 Å². The minimum Gasteiger partial charge on any atom is -0.456 e. The highest BCUT2D eigenvalue weighted by atomic mass is 32.1. The summed E-state index contributed by atoms with van der Waals surface area (Å²) >= 11 is 4.49. The molecule has 2 heterocycles. The minimum absolute atomic E-state index is 0.625. The van der Waals surface area contributed by atoms with Crippen LogP contribution in [0.15, 0.2) is 72.0 Å². The first-order chi connectivity index (χ1) is 10.8. The van der Waals surface area contributed by atoms with Crippen LogP contribution in [0.1, 0.15) is 5.56 Å². The lowest BCUT2D eigenvalue weighted by atomic mass is 10.2. The Bertz CT molecular complexity index is 735. The zero-order chi connectivity index (χ0) is 15.2. The average Bonchev–Trinajstić information content (AvgIpc) is 2.57. The van der Waals surface area contributed by atoms with Gasteiger partial charge < -0.3 is 10.1 Å². The molecule has 2 aromatic heterocycles. The van der Waals surface area contributed by atoms with Crippen LogP contribution in [-0.2, 0) is 6.54 Å². The van der Waals surface area contributed by atoms with Gasteiger partial charge in [0.15, 0.2) is 0 Å². The summed E-state index contributed by atoms with van der Waals surface area (Å²) in [7, 11) is 0. The third-order valence-electron chi connectivity index (χ3n) is 3.05. The van der Waals surface area contributed by atoms with Crippen molar-refractivity contribution in [3.63, 3.8) is 0 Å². The highest BCUT2D eigenvalue weighted by molar-refractivity contribution is 7.80. The Labute approximate surface area is 134 Å². The molecule has 0 aliphatic carbocycles. The first kappa shape index (κ1) is 14.4. The second-order valence-corrected chi connectivity index (χ2v) is 5.13. The molecule has 0 saturated heterocycles. The fourth-order valence-corrected chi connectivity index (χ4v) is 2.18. The number of hydrogen-bond donors (Lipinski definition) is 2. The maximum absolute atomic E-state index is 5.79. The molecule has 3 aromatic rings. The van der Waals surface area contributed by atoms with Crippen LogP contribution in [0.5, 0.6) is 11.5 Å². The van der Waals surface area contributed by atoms with Crippen LogP contribution < -0.4 is 10.1 Å². The standard InChI is InChI=1S/C17H15N3OS/c22-16-7-6-14(21-15-4-3-8-18-12-15)10-13(16)11-20-17-5-1-2-9-19-17/h1-10,12,22H,11H2,(H,19,20). The lowest BCUT2D eigenvalue weighted by Crippen LogP contribution is -2.02. The average molecular weight is 309 g/mol. The molecule has 0 saturated carbocycles. The molecular formula is C17H15N3OS. The lowest BCUT2D eigenvalue weighted by molar-refractivity contribution is 0.479. The summed E-state index contributed by atoms with van der Waals surface area (Å²) in [6.45, 7) is 0.625. The highest BCUT2D eigenvalue weighted by Crippen LogP contribution is 2.25. The quantitative estimate of drug-likeness (QED) is 0.694. The van der Waals surface area contributed by atoms with Crippen LogP contribution in [0.2, 0.25) is 0 Å². The molecule has 0 fully saturated rings. The molecule has 0 bridgehead atoms. The molecule has 0 spiro atoms. The number of anilines is 1. The van der Waals surface area contributed by atoms with Crippen molar-refractivity contribution in [2.24, 2.45) is 0 Å². The number of benzene rings is 1. The summed E-state index contributed by atoms with van der Waals surface area (Å²) in [4.78, 5) is 9.18. The van der Waals surface area contributed by atoms with Crippen molar-refractivity contribution in [2.45, 2.75) is 11.4 Å². The maximum Gasteiger partial charge on any atom is 0.145 e. The SMILES string of the molecule is Sc1ccc(Oc2cccnc2)cc1CNc1ccccn1. The molecule has 0 radical (unpaired) electrons. The number of pyridine rings is 2. The van der Waals surface area contributed by atoms with Crippen molar-refractivity contribution in [1.29, 1.82) is 0 Å². The summed E-state index contributed by atoms with van der Waals surface area (Å²) in [5.74, 6) is 2.29. The third-order valence-corrected chi connectivity index (χ3v) is 3.48. The normalized spacial score (nSPS) is 10.2. The minimum atomic E-state index is 0.625. The summed E-state index contributed by atoms with van der Waals surface area (Å²) in [6.07, 6.45) is 5.15. The van der Waals surface area contributed by atoms with E-state index in [9.17, 15) is 0 Å². The first-order valence-electron chi connectivity index (χ1n) is 6.86. The van der Waals surface area contributed by atoms with Gasteiger partial charge in [0, 0.05) is 23.8 Å². The van der Waals surface area contributed by atoms with Gasteiger partial charge in [-0.15, -0.1) is 12.6 Å². The number of aromatic nitrogens is 2. The van der Waals surface area contributed by atoms with E-state index in [1.165, 1.54) is 0 Å². The van der Waals surface area contributed by atoms with Crippen molar-refractivity contribution in [1.82, 2.24) is 9.97 Å². The van der Waals surface area contributed by atoms with Gasteiger partial charge in [-0.3, -0.25) is 4.98 Å². The van der Waals surface area contributed by atoms with Gasteiger partial charge in [-0.25, -0.2) is 4.98 Å². The van der Waals surface area contributed by atoms with Crippen LogP contribution >= 0.6 is 12.6 Å². The molecule has 22 heavy (non-hydrogen) atoms. The molecule has 3 rings (SSSR count). The van der Waals surface area contributed by atoms with Gasteiger partial charge >= 0.3 is 0 Å². The molecule has 0 unspecified atom stereocenters. The van der Waals surface area contributed by atoms with Gasteiger partial charge in [-0.05, 0) is 48.0 Å². The van der Waals surface area contributed by atoms with Crippen LogP contribution in [0.3, 0.4) is 0 Å². The van der Waals surface area contributed by atoms with E-state index in [1.807, 2.05) is 48.5 Å². The molecule has 0 amide bonds. The molecule has 0 atom stereocenters. The second-order valence-electron chi connectivity index (χ2n) is 4.65. The van der Waals surface area contributed by atoms with Crippen LogP contribution in [0, 0.1) is 0 Å². The monoisotopic (exact) mass is 309 g/mol. The predicted octanol–water partition coefficient (Wildman–Crippen LogP) is 4.17. The number of nitrogens with one attached hydrogen (secondary N) is 1. The molecule has 4 nitrogen and oxygen atoms in total. The summed E-state index contributed by atoms with van der Waals surface area (Å²) in [5, 5.41) is 3.26. The van der Waals surface area contributed by atoms with Crippen LogP contribution in [-0.4, -0.2) is 9.97 Å². The molecule has 0 aliphatic heterocycles. The summed E-state index contributed by atoms with van der Waals surface area (Å²) in [5.41, 5.74) is 1.04. The van der Waals surface area contributed by atoms with Crippen molar-refractivity contribution in [2.75, 3.05) is 5.32 Å². The van der Waals surface area contributed by atoms with E-state index < -0.39 is 0 Å². The third kappa shape index (κ3) is 3.77. The lowest BCUT2D eigenvalue weighted by Gasteiger charge is -2.11. The summed E-state index contributed by atoms with van der Waals surface area (Å²) in [6, 6.07) is 15.2.